The largest absolute Gasteiger partial charge is 0.317 e. The van der Waals surface area contributed by atoms with Crippen molar-refractivity contribution in [3.05, 3.63) is 35.4 Å². The Kier molecular flexibility index (Phi) is 6.70. The van der Waals surface area contributed by atoms with E-state index in [1.165, 1.54) is 11.1 Å². The minimum absolute atomic E-state index is 0.320. The van der Waals surface area contributed by atoms with Crippen LogP contribution in [-0.2, 0) is 13.0 Å². The molecule has 1 atom stereocenters. The van der Waals surface area contributed by atoms with Crippen molar-refractivity contribution in [2.45, 2.75) is 53.6 Å². The summed E-state index contributed by atoms with van der Waals surface area (Å²) < 4.78 is 0. The van der Waals surface area contributed by atoms with Gasteiger partial charge in [0.2, 0.25) is 0 Å². The lowest BCUT2D eigenvalue weighted by atomic mass is 9.87. The zero-order chi connectivity index (χ0) is 15.2. The van der Waals surface area contributed by atoms with Gasteiger partial charge in [-0.25, -0.2) is 0 Å². The molecule has 0 aromatic heterocycles. The predicted molar refractivity (Wildman–Crippen MR) is 89.1 cm³/mol. The Morgan fingerprint density at radius 2 is 1.65 bits per heavy atom. The lowest BCUT2D eigenvalue weighted by molar-refractivity contribution is 0.134. The minimum atomic E-state index is 0.320. The monoisotopic (exact) mass is 276 g/mol. The molecule has 0 aliphatic heterocycles. The van der Waals surface area contributed by atoms with E-state index < -0.39 is 0 Å². The molecule has 0 aliphatic carbocycles. The van der Waals surface area contributed by atoms with Crippen LogP contribution in [0.1, 0.15) is 45.7 Å². The molecule has 114 valence electrons. The topological polar surface area (TPSA) is 15.3 Å². The van der Waals surface area contributed by atoms with Crippen LogP contribution in [0, 0.1) is 5.41 Å². The van der Waals surface area contributed by atoms with E-state index in [4.69, 9.17) is 0 Å². The first-order chi connectivity index (χ1) is 9.34. The second-order valence-electron chi connectivity index (χ2n) is 6.88. The Bertz CT molecular complexity index is 375. The third kappa shape index (κ3) is 5.64. The normalized spacial score (nSPS) is 13.8. The first-order valence-electron chi connectivity index (χ1n) is 7.83. The molecule has 1 aromatic carbocycles. The number of hydrogen-bond donors (Lipinski definition) is 1. The fourth-order valence-electron chi connectivity index (χ4n) is 2.31. The Balaban J connectivity index is 2.52. The van der Waals surface area contributed by atoms with Crippen molar-refractivity contribution in [3.63, 3.8) is 0 Å². The molecule has 0 saturated carbocycles. The summed E-state index contributed by atoms with van der Waals surface area (Å²) in [7, 11) is 2.22. The summed E-state index contributed by atoms with van der Waals surface area (Å²) in [5.41, 5.74) is 3.14. The zero-order valence-corrected chi connectivity index (χ0v) is 14.2. The van der Waals surface area contributed by atoms with Gasteiger partial charge in [0.05, 0.1) is 0 Å². The van der Waals surface area contributed by atoms with Gasteiger partial charge in [0, 0.05) is 12.6 Å². The maximum Gasteiger partial charge on any atom is 0.0233 e. The standard InChI is InChI=1S/C18H32N2/c1-7-19-13-12-16-8-10-17(11-9-16)14-20(6)15(2)18(3,4)5/h8-11,15,19H,7,12-14H2,1-6H3. The van der Waals surface area contributed by atoms with Gasteiger partial charge >= 0.3 is 0 Å². The lowest BCUT2D eigenvalue weighted by Crippen LogP contribution is -2.38. The summed E-state index contributed by atoms with van der Waals surface area (Å²) in [5.74, 6) is 0. The molecule has 0 heterocycles. The summed E-state index contributed by atoms with van der Waals surface area (Å²) >= 11 is 0. The first-order valence-corrected chi connectivity index (χ1v) is 7.83. The van der Waals surface area contributed by atoms with Gasteiger partial charge in [0.15, 0.2) is 0 Å². The average molecular weight is 276 g/mol. The van der Waals surface area contributed by atoms with Gasteiger partial charge < -0.3 is 5.32 Å². The van der Waals surface area contributed by atoms with Gasteiger partial charge in [-0.15, -0.1) is 0 Å². The van der Waals surface area contributed by atoms with Crippen LogP contribution >= 0.6 is 0 Å². The molecule has 0 bridgehead atoms. The molecule has 0 amide bonds. The highest BCUT2D eigenvalue weighted by atomic mass is 15.1. The summed E-state index contributed by atoms with van der Waals surface area (Å²) in [5, 5.41) is 3.37. The Hall–Kier alpha value is -0.860. The molecule has 2 nitrogen and oxygen atoms in total. The molecule has 0 aliphatic rings. The van der Waals surface area contributed by atoms with Gasteiger partial charge in [-0.05, 0) is 50.0 Å². The van der Waals surface area contributed by atoms with Crippen molar-refractivity contribution in [2.24, 2.45) is 5.41 Å². The Labute approximate surface area is 125 Å². The van der Waals surface area contributed by atoms with Crippen LogP contribution in [0.4, 0.5) is 0 Å². The lowest BCUT2D eigenvalue weighted by Gasteiger charge is -2.35. The van der Waals surface area contributed by atoms with E-state index in [0.717, 1.165) is 26.1 Å². The van der Waals surface area contributed by atoms with Crippen molar-refractivity contribution in [3.8, 4) is 0 Å². The van der Waals surface area contributed by atoms with Crippen LogP contribution in [0.15, 0.2) is 24.3 Å². The van der Waals surface area contributed by atoms with E-state index >= 15 is 0 Å². The quantitative estimate of drug-likeness (QED) is 0.764. The van der Waals surface area contributed by atoms with Crippen LogP contribution in [0.3, 0.4) is 0 Å². The highest BCUT2D eigenvalue weighted by molar-refractivity contribution is 5.22. The minimum Gasteiger partial charge on any atom is -0.317 e. The van der Waals surface area contributed by atoms with E-state index in [0.29, 0.717) is 11.5 Å². The van der Waals surface area contributed by atoms with E-state index in [9.17, 15) is 0 Å². The van der Waals surface area contributed by atoms with Crippen LogP contribution in [-0.4, -0.2) is 31.1 Å². The van der Waals surface area contributed by atoms with Crippen molar-refractivity contribution >= 4 is 0 Å². The highest BCUT2D eigenvalue weighted by Gasteiger charge is 2.23. The van der Waals surface area contributed by atoms with E-state index in [-0.39, 0.29) is 0 Å². The molecule has 0 spiro atoms. The maximum atomic E-state index is 3.37. The third-order valence-corrected chi connectivity index (χ3v) is 4.21. The molecule has 1 rings (SSSR count). The number of nitrogens with one attached hydrogen (secondary N) is 1. The van der Waals surface area contributed by atoms with Gasteiger partial charge in [-0.3, -0.25) is 4.90 Å². The smallest absolute Gasteiger partial charge is 0.0233 e. The summed E-state index contributed by atoms with van der Waals surface area (Å²) in [6.45, 7) is 14.5. The molecule has 0 fully saturated rings. The third-order valence-electron chi connectivity index (χ3n) is 4.21. The van der Waals surface area contributed by atoms with Crippen molar-refractivity contribution in [1.29, 1.82) is 0 Å². The summed E-state index contributed by atoms with van der Waals surface area (Å²) in [4.78, 5) is 2.44. The van der Waals surface area contributed by atoms with E-state index in [1.807, 2.05) is 0 Å². The van der Waals surface area contributed by atoms with Crippen LogP contribution in [0.25, 0.3) is 0 Å². The number of likely N-dealkylation sites (N-methyl/N-ethyl adjacent to an activating group) is 1. The Morgan fingerprint density at radius 1 is 1.10 bits per heavy atom. The number of nitrogens with zero attached hydrogens (tertiary/aromatic N) is 1. The van der Waals surface area contributed by atoms with Crippen LogP contribution in [0.5, 0.6) is 0 Å². The molecule has 2 heteroatoms. The van der Waals surface area contributed by atoms with Gasteiger partial charge in [-0.1, -0.05) is 52.0 Å². The zero-order valence-electron chi connectivity index (χ0n) is 14.2. The number of rotatable bonds is 7. The van der Waals surface area contributed by atoms with Gasteiger partial charge in [-0.2, -0.15) is 0 Å². The Morgan fingerprint density at radius 3 is 2.15 bits per heavy atom. The molecule has 1 unspecified atom stereocenters. The van der Waals surface area contributed by atoms with Crippen molar-refractivity contribution < 1.29 is 0 Å². The second kappa shape index (κ2) is 7.80. The van der Waals surface area contributed by atoms with Crippen LogP contribution < -0.4 is 5.32 Å². The van der Waals surface area contributed by atoms with Gasteiger partial charge in [0.1, 0.15) is 0 Å². The van der Waals surface area contributed by atoms with E-state index in [1.54, 1.807) is 0 Å². The molecule has 1 aromatic rings. The molecular formula is C18H32N2. The fourth-order valence-corrected chi connectivity index (χ4v) is 2.31. The van der Waals surface area contributed by atoms with Gasteiger partial charge in [0.25, 0.3) is 0 Å². The number of hydrogen-bond acceptors (Lipinski definition) is 2. The molecule has 0 saturated heterocycles. The average Bonchev–Trinajstić information content (AvgIpc) is 2.39. The molecule has 0 radical (unpaired) electrons. The molecule has 20 heavy (non-hydrogen) atoms. The maximum absolute atomic E-state index is 3.37. The number of benzene rings is 1. The van der Waals surface area contributed by atoms with Crippen molar-refractivity contribution in [1.82, 2.24) is 10.2 Å². The highest BCUT2D eigenvalue weighted by Crippen LogP contribution is 2.24. The summed E-state index contributed by atoms with van der Waals surface area (Å²) in [6, 6.07) is 9.64. The molecular weight excluding hydrogens is 244 g/mol. The van der Waals surface area contributed by atoms with Crippen molar-refractivity contribution in [2.75, 3.05) is 20.1 Å². The fraction of sp³-hybridized carbons (Fsp3) is 0.667. The second-order valence-corrected chi connectivity index (χ2v) is 6.88. The first kappa shape index (κ1) is 17.2. The molecule has 1 N–H and O–H groups in total. The summed E-state index contributed by atoms with van der Waals surface area (Å²) in [6.07, 6.45) is 1.11. The van der Waals surface area contributed by atoms with Crippen LogP contribution in [0.2, 0.25) is 0 Å². The van der Waals surface area contributed by atoms with E-state index in [2.05, 4.69) is 76.1 Å². The predicted octanol–water partition coefficient (Wildman–Crippen LogP) is 3.71. The SMILES string of the molecule is CCNCCc1ccc(CN(C)C(C)C(C)(C)C)cc1.